The van der Waals surface area contributed by atoms with Gasteiger partial charge < -0.3 is 5.32 Å². The highest BCUT2D eigenvalue weighted by atomic mass is 32.1. The fraction of sp³-hybridized carbons (Fsp3) is 0.471. The normalized spacial score (nSPS) is 14.9. The van der Waals surface area contributed by atoms with Gasteiger partial charge in [-0.25, -0.2) is 4.98 Å². The Balaban J connectivity index is 1.76. The Morgan fingerprint density at radius 3 is 2.65 bits per heavy atom. The molecular formula is C17H22N4OS. The molecule has 1 aromatic carbocycles. The van der Waals surface area contributed by atoms with Gasteiger partial charge in [0.15, 0.2) is 0 Å². The molecule has 1 amide bonds. The number of nitrogens with zero attached hydrogens (tertiary/aromatic N) is 2. The topological polar surface area (TPSA) is 66.9 Å². The molecule has 0 spiro atoms. The highest BCUT2D eigenvalue weighted by molar-refractivity contribution is 7.09. The Bertz CT molecular complexity index is 718. The Morgan fingerprint density at radius 2 is 1.96 bits per heavy atom. The van der Waals surface area contributed by atoms with Gasteiger partial charge in [0.2, 0.25) is 5.13 Å². The number of amides is 1. The van der Waals surface area contributed by atoms with Gasteiger partial charge in [-0.2, -0.15) is 4.37 Å². The number of hydrogen-bond acceptors (Lipinski definition) is 5. The molecule has 1 aliphatic rings. The van der Waals surface area contributed by atoms with E-state index in [1.54, 1.807) is 0 Å². The number of rotatable bonds is 2. The van der Waals surface area contributed by atoms with E-state index in [0.717, 1.165) is 31.8 Å². The van der Waals surface area contributed by atoms with Gasteiger partial charge in [-0.05, 0) is 49.2 Å². The first-order chi connectivity index (χ1) is 10.9. The van der Waals surface area contributed by atoms with Crippen LogP contribution in [0.4, 0.5) is 5.13 Å². The third kappa shape index (κ3) is 3.76. The molecule has 1 aliphatic heterocycles. The zero-order valence-corrected chi connectivity index (χ0v) is 14.6. The van der Waals surface area contributed by atoms with Gasteiger partial charge in [0.25, 0.3) is 5.91 Å². The van der Waals surface area contributed by atoms with Gasteiger partial charge >= 0.3 is 0 Å². The fourth-order valence-electron chi connectivity index (χ4n) is 2.56. The monoisotopic (exact) mass is 330 g/mol. The summed E-state index contributed by atoms with van der Waals surface area (Å²) in [5.74, 6) is 0.632. The molecule has 6 heteroatoms. The van der Waals surface area contributed by atoms with Gasteiger partial charge in [0, 0.05) is 22.5 Å². The number of fused-ring (bicyclic) bond motifs is 1. The predicted octanol–water partition coefficient (Wildman–Crippen LogP) is 2.78. The maximum atomic E-state index is 12.5. The van der Waals surface area contributed by atoms with E-state index >= 15 is 0 Å². The van der Waals surface area contributed by atoms with E-state index in [1.165, 1.54) is 22.7 Å². The van der Waals surface area contributed by atoms with Crippen LogP contribution in [0, 0.1) is 0 Å². The van der Waals surface area contributed by atoms with Crippen molar-refractivity contribution in [2.24, 2.45) is 0 Å². The highest BCUT2D eigenvalue weighted by Gasteiger charge is 2.20. The molecule has 0 saturated heterocycles. The van der Waals surface area contributed by atoms with E-state index in [2.05, 4.69) is 46.8 Å². The van der Waals surface area contributed by atoms with E-state index < -0.39 is 0 Å². The minimum Gasteiger partial charge on any atom is -0.316 e. The van der Waals surface area contributed by atoms with Gasteiger partial charge in [0.1, 0.15) is 5.82 Å². The van der Waals surface area contributed by atoms with Gasteiger partial charge in [-0.15, -0.1) is 0 Å². The quantitative estimate of drug-likeness (QED) is 0.888. The molecule has 2 aromatic rings. The largest absolute Gasteiger partial charge is 0.316 e. The summed E-state index contributed by atoms with van der Waals surface area (Å²) in [7, 11) is 0. The second-order valence-electron chi connectivity index (χ2n) is 6.86. The fourth-order valence-corrected chi connectivity index (χ4v) is 3.32. The highest BCUT2D eigenvalue weighted by Crippen LogP contribution is 2.23. The summed E-state index contributed by atoms with van der Waals surface area (Å²) in [5, 5.41) is 6.80. The molecule has 0 fully saturated rings. The van der Waals surface area contributed by atoms with Gasteiger partial charge in [-0.3, -0.25) is 10.1 Å². The van der Waals surface area contributed by atoms with Crippen molar-refractivity contribution in [2.45, 2.75) is 39.0 Å². The Kier molecular flexibility index (Phi) is 4.46. The van der Waals surface area contributed by atoms with Crippen LogP contribution in [0.25, 0.3) is 0 Å². The smallest absolute Gasteiger partial charge is 0.257 e. The lowest BCUT2D eigenvalue weighted by Crippen LogP contribution is -2.16. The first kappa shape index (κ1) is 16.1. The summed E-state index contributed by atoms with van der Waals surface area (Å²) >= 11 is 1.23. The van der Waals surface area contributed by atoms with E-state index in [9.17, 15) is 4.79 Å². The Morgan fingerprint density at radius 1 is 1.22 bits per heavy atom. The zero-order chi connectivity index (χ0) is 16.4. The first-order valence-corrected chi connectivity index (χ1v) is 8.69. The van der Waals surface area contributed by atoms with Crippen LogP contribution >= 0.6 is 11.5 Å². The Labute approximate surface area is 140 Å². The van der Waals surface area contributed by atoms with Crippen molar-refractivity contribution in [3.63, 3.8) is 0 Å². The van der Waals surface area contributed by atoms with Crippen LogP contribution in [-0.2, 0) is 18.3 Å². The summed E-state index contributed by atoms with van der Waals surface area (Å²) in [6.45, 7) is 8.13. The lowest BCUT2D eigenvalue weighted by molar-refractivity contribution is 0.102. The molecule has 23 heavy (non-hydrogen) atoms. The van der Waals surface area contributed by atoms with Gasteiger partial charge in [0.05, 0.1) is 0 Å². The molecule has 122 valence electrons. The summed E-state index contributed by atoms with van der Waals surface area (Å²) in [5.41, 5.74) is 3.15. The van der Waals surface area contributed by atoms with Crippen molar-refractivity contribution in [2.75, 3.05) is 18.4 Å². The third-order valence-corrected chi connectivity index (χ3v) is 4.56. The Hall–Kier alpha value is -1.79. The lowest BCUT2D eigenvalue weighted by Gasteiger charge is -2.12. The molecule has 0 radical (unpaired) electrons. The van der Waals surface area contributed by atoms with Crippen LogP contribution in [0.15, 0.2) is 18.2 Å². The van der Waals surface area contributed by atoms with Gasteiger partial charge in [-0.1, -0.05) is 26.8 Å². The molecule has 5 nitrogen and oxygen atoms in total. The predicted molar refractivity (Wildman–Crippen MR) is 93.3 cm³/mol. The van der Waals surface area contributed by atoms with Crippen LogP contribution in [-0.4, -0.2) is 28.4 Å². The zero-order valence-electron chi connectivity index (χ0n) is 13.8. The third-order valence-electron chi connectivity index (χ3n) is 3.93. The van der Waals surface area contributed by atoms with E-state index in [4.69, 9.17) is 0 Å². The van der Waals surface area contributed by atoms with Crippen LogP contribution in [0.3, 0.4) is 0 Å². The summed E-state index contributed by atoms with van der Waals surface area (Å²) in [4.78, 5) is 16.9. The minimum absolute atomic E-state index is 0.115. The van der Waals surface area contributed by atoms with Crippen molar-refractivity contribution >= 4 is 22.6 Å². The number of hydrogen-bond donors (Lipinski definition) is 2. The number of carbonyl (C=O) groups is 1. The van der Waals surface area contributed by atoms with Crippen molar-refractivity contribution in [1.29, 1.82) is 0 Å². The number of nitrogens with one attached hydrogen (secondary N) is 2. The van der Waals surface area contributed by atoms with Crippen LogP contribution in [0.5, 0.6) is 0 Å². The van der Waals surface area contributed by atoms with Crippen molar-refractivity contribution in [1.82, 2.24) is 14.7 Å². The summed E-state index contributed by atoms with van der Waals surface area (Å²) in [6, 6.07) is 5.96. The molecule has 0 saturated carbocycles. The van der Waals surface area contributed by atoms with Crippen LogP contribution < -0.4 is 10.6 Å². The summed E-state index contributed by atoms with van der Waals surface area (Å²) < 4.78 is 4.32. The minimum atomic E-state index is -0.124. The maximum Gasteiger partial charge on any atom is 0.257 e. The number of benzene rings is 1. The molecule has 0 aliphatic carbocycles. The summed E-state index contributed by atoms with van der Waals surface area (Å²) in [6.07, 6.45) is 1.98. The first-order valence-electron chi connectivity index (χ1n) is 7.91. The molecule has 0 atom stereocenters. The average Bonchev–Trinajstić information content (AvgIpc) is 2.84. The number of anilines is 1. The SMILES string of the molecule is CC(C)(C)c1nsc(NC(=O)c2ccc3c(c2)CCNCC3)n1. The van der Waals surface area contributed by atoms with E-state index in [1.807, 2.05) is 12.1 Å². The molecule has 0 unspecified atom stereocenters. The molecule has 1 aromatic heterocycles. The molecule has 2 heterocycles. The molecule has 3 rings (SSSR count). The van der Waals surface area contributed by atoms with Crippen molar-refractivity contribution < 1.29 is 4.79 Å². The molecule has 0 bridgehead atoms. The van der Waals surface area contributed by atoms with Crippen LogP contribution in [0.1, 0.15) is 48.1 Å². The van der Waals surface area contributed by atoms with E-state index in [-0.39, 0.29) is 11.3 Å². The number of carbonyl (C=O) groups excluding carboxylic acids is 1. The number of aromatic nitrogens is 2. The van der Waals surface area contributed by atoms with Crippen LogP contribution in [0.2, 0.25) is 0 Å². The second kappa shape index (κ2) is 6.37. The standard InChI is InChI=1S/C17H22N4OS/c1-17(2,3)15-20-16(23-21-15)19-14(22)13-5-4-11-6-8-18-9-7-12(11)10-13/h4-5,10,18H,6-9H2,1-3H3,(H,19,20,21,22). The lowest BCUT2D eigenvalue weighted by atomic mass is 9.96. The molecule has 2 N–H and O–H groups in total. The van der Waals surface area contributed by atoms with E-state index in [0.29, 0.717) is 10.7 Å². The van der Waals surface area contributed by atoms with Crippen molar-refractivity contribution in [3.05, 3.63) is 40.7 Å². The maximum absolute atomic E-state index is 12.5. The molecular weight excluding hydrogens is 308 g/mol. The van der Waals surface area contributed by atoms with Crippen molar-refractivity contribution in [3.8, 4) is 0 Å². The second-order valence-corrected chi connectivity index (χ2v) is 7.61. The average molecular weight is 330 g/mol.